The summed E-state index contributed by atoms with van der Waals surface area (Å²) in [6.45, 7) is 4.74. The quantitative estimate of drug-likeness (QED) is 0.0652. The first-order valence-electron chi connectivity index (χ1n) is 12.9. The van der Waals surface area contributed by atoms with Crippen LogP contribution in [0.5, 0.6) is 5.75 Å². The summed E-state index contributed by atoms with van der Waals surface area (Å²) in [4.78, 5) is 14.1. The van der Waals surface area contributed by atoms with Crippen molar-refractivity contribution in [2.24, 2.45) is 11.1 Å². The minimum absolute atomic E-state index is 0.110. The molecular formula is C31H34N2O4S2. The van der Waals surface area contributed by atoms with Gasteiger partial charge in [-0.3, -0.25) is 4.79 Å². The molecule has 0 spiro atoms. The summed E-state index contributed by atoms with van der Waals surface area (Å²) in [5.74, 6) is 2.33. The zero-order valence-corrected chi connectivity index (χ0v) is 24.1. The molecule has 1 aliphatic carbocycles. The van der Waals surface area contributed by atoms with Gasteiger partial charge in [-0.05, 0) is 55.5 Å². The first-order chi connectivity index (χ1) is 19.0. The SMILES string of the molecule is CO/C(C)=C/C=C(\C)C1C/C(=N\O)c2c(SCc3ccccc3)sc(C(=O)NCCOc3ccccc3)c2C1. The fraction of sp³-hybridized carbons (Fsp3) is 0.290. The van der Waals surface area contributed by atoms with Crippen LogP contribution in [0.1, 0.15) is 46.6 Å². The Bertz CT molecular complexity index is 1350. The lowest BCUT2D eigenvalue weighted by atomic mass is 9.80. The predicted octanol–water partition coefficient (Wildman–Crippen LogP) is 7.09. The van der Waals surface area contributed by atoms with Gasteiger partial charge in [0.15, 0.2) is 0 Å². The molecule has 0 bridgehead atoms. The molecule has 1 heterocycles. The molecule has 1 aromatic heterocycles. The van der Waals surface area contributed by atoms with Gasteiger partial charge in [0.2, 0.25) is 0 Å². The number of rotatable bonds is 11. The molecule has 0 fully saturated rings. The zero-order chi connectivity index (χ0) is 27.6. The number of ether oxygens (including phenoxy) is 2. The van der Waals surface area contributed by atoms with E-state index in [9.17, 15) is 10.0 Å². The van der Waals surface area contributed by atoms with E-state index in [1.54, 1.807) is 18.9 Å². The average molecular weight is 563 g/mol. The van der Waals surface area contributed by atoms with E-state index in [4.69, 9.17) is 9.47 Å². The van der Waals surface area contributed by atoms with Crippen LogP contribution in [0.15, 0.2) is 93.5 Å². The van der Waals surface area contributed by atoms with Crippen LogP contribution in [0.2, 0.25) is 0 Å². The third kappa shape index (κ3) is 7.55. The molecule has 0 saturated heterocycles. The second-order valence-electron chi connectivity index (χ2n) is 9.31. The van der Waals surface area contributed by atoms with Gasteiger partial charge < -0.3 is 20.0 Å². The van der Waals surface area contributed by atoms with Crippen LogP contribution in [0, 0.1) is 5.92 Å². The molecule has 8 heteroatoms. The molecule has 204 valence electrons. The molecule has 1 amide bonds. The summed E-state index contributed by atoms with van der Waals surface area (Å²) >= 11 is 3.16. The number of allylic oxidation sites excluding steroid dienone is 4. The maximum absolute atomic E-state index is 13.4. The number of methoxy groups -OCH3 is 1. The zero-order valence-electron chi connectivity index (χ0n) is 22.5. The number of thiophene rings is 1. The van der Waals surface area contributed by atoms with Crippen molar-refractivity contribution in [1.29, 1.82) is 0 Å². The van der Waals surface area contributed by atoms with Gasteiger partial charge in [0.1, 0.15) is 12.4 Å². The maximum atomic E-state index is 13.4. The molecule has 2 aromatic carbocycles. The topological polar surface area (TPSA) is 80.2 Å². The van der Waals surface area contributed by atoms with Crippen LogP contribution in [0.3, 0.4) is 0 Å². The molecule has 2 N–H and O–H groups in total. The fourth-order valence-corrected chi connectivity index (χ4v) is 6.93. The van der Waals surface area contributed by atoms with Gasteiger partial charge >= 0.3 is 0 Å². The molecule has 6 nitrogen and oxygen atoms in total. The third-order valence-corrected chi connectivity index (χ3v) is 9.21. The Morgan fingerprint density at radius 3 is 2.51 bits per heavy atom. The van der Waals surface area contributed by atoms with E-state index in [1.807, 2.05) is 67.6 Å². The highest BCUT2D eigenvalue weighted by Crippen LogP contribution is 2.44. The number of nitrogens with zero attached hydrogens (tertiary/aromatic N) is 1. The third-order valence-electron chi connectivity index (χ3n) is 6.64. The van der Waals surface area contributed by atoms with E-state index in [2.05, 4.69) is 29.5 Å². The largest absolute Gasteiger partial charge is 0.501 e. The molecule has 39 heavy (non-hydrogen) atoms. The molecule has 3 aromatic rings. The molecule has 4 rings (SSSR count). The van der Waals surface area contributed by atoms with Gasteiger partial charge in [0.05, 0.1) is 34.2 Å². The smallest absolute Gasteiger partial charge is 0.261 e. The Morgan fingerprint density at radius 2 is 1.82 bits per heavy atom. The Morgan fingerprint density at radius 1 is 1.10 bits per heavy atom. The molecule has 0 aliphatic heterocycles. The molecule has 1 unspecified atom stereocenters. The minimum atomic E-state index is -0.130. The number of fused-ring (bicyclic) bond motifs is 1. The highest BCUT2D eigenvalue weighted by atomic mass is 32.2. The number of para-hydroxylation sites is 1. The fourth-order valence-electron chi connectivity index (χ4n) is 4.39. The highest BCUT2D eigenvalue weighted by molar-refractivity contribution is 8.00. The first-order valence-corrected chi connectivity index (χ1v) is 14.7. The van der Waals surface area contributed by atoms with Crippen LogP contribution in [0.4, 0.5) is 0 Å². The summed E-state index contributed by atoms with van der Waals surface area (Å²) in [6, 6.07) is 19.8. The number of hydrogen-bond acceptors (Lipinski definition) is 7. The number of amides is 1. The van der Waals surface area contributed by atoms with Crippen molar-refractivity contribution in [1.82, 2.24) is 5.32 Å². The van der Waals surface area contributed by atoms with Crippen molar-refractivity contribution in [3.05, 3.63) is 106 Å². The number of benzene rings is 2. The van der Waals surface area contributed by atoms with Gasteiger partial charge in [-0.2, -0.15) is 0 Å². The highest BCUT2D eigenvalue weighted by Gasteiger charge is 2.33. The van der Waals surface area contributed by atoms with Crippen molar-refractivity contribution < 1.29 is 19.5 Å². The molecule has 1 atom stereocenters. The van der Waals surface area contributed by atoms with Gasteiger partial charge in [-0.1, -0.05) is 65.3 Å². The lowest BCUT2D eigenvalue weighted by molar-refractivity contribution is 0.0950. The van der Waals surface area contributed by atoms with Crippen LogP contribution in [0.25, 0.3) is 0 Å². The molecular weight excluding hydrogens is 528 g/mol. The standard InChI is InChI=1S/C31H34N2O4S2/c1-21(14-15-22(2)36-3)24-18-26-28(27(19-24)33-35)31(38-20-23-10-6-4-7-11-23)39-29(26)30(34)32-16-17-37-25-12-8-5-9-13-25/h4-15,24,35H,16-20H2,1-3H3,(H,32,34)/b21-14+,22-15+,33-27+. The molecule has 1 aliphatic rings. The number of carbonyl (C=O) groups is 1. The van der Waals surface area contributed by atoms with Crippen molar-refractivity contribution in [2.75, 3.05) is 20.3 Å². The van der Waals surface area contributed by atoms with Crippen LogP contribution in [-0.2, 0) is 16.9 Å². The minimum Gasteiger partial charge on any atom is -0.501 e. The maximum Gasteiger partial charge on any atom is 0.261 e. The Labute approximate surface area is 238 Å². The first kappa shape index (κ1) is 28.5. The second-order valence-corrected chi connectivity index (χ2v) is 11.6. The summed E-state index contributed by atoms with van der Waals surface area (Å²) in [5, 5.41) is 16.8. The van der Waals surface area contributed by atoms with Gasteiger partial charge in [0, 0.05) is 17.7 Å². The summed E-state index contributed by atoms with van der Waals surface area (Å²) in [7, 11) is 1.65. The molecule has 0 saturated carbocycles. The van der Waals surface area contributed by atoms with Gasteiger partial charge in [0.25, 0.3) is 5.91 Å². The number of oxime groups is 1. The van der Waals surface area contributed by atoms with Crippen molar-refractivity contribution in [2.45, 2.75) is 36.7 Å². The Balaban J connectivity index is 1.58. The monoisotopic (exact) mass is 562 g/mol. The van der Waals surface area contributed by atoms with E-state index in [1.165, 1.54) is 16.9 Å². The lowest BCUT2D eigenvalue weighted by Gasteiger charge is -2.25. The van der Waals surface area contributed by atoms with Gasteiger partial charge in [-0.15, -0.1) is 23.1 Å². The van der Waals surface area contributed by atoms with Crippen LogP contribution in [-0.4, -0.2) is 37.1 Å². The second kappa shape index (κ2) is 14.1. The van der Waals surface area contributed by atoms with E-state index in [0.717, 1.165) is 38.2 Å². The van der Waals surface area contributed by atoms with Crippen LogP contribution < -0.4 is 10.1 Å². The van der Waals surface area contributed by atoms with E-state index >= 15 is 0 Å². The Kier molecular flexibility index (Phi) is 10.3. The van der Waals surface area contributed by atoms with Crippen LogP contribution >= 0.6 is 23.1 Å². The lowest BCUT2D eigenvalue weighted by Crippen LogP contribution is -2.29. The number of hydrogen-bond donors (Lipinski definition) is 2. The van der Waals surface area contributed by atoms with Gasteiger partial charge in [-0.25, -0.2) is 0 Å². The summed E-state index contributed by atoms with van der Waals surface area (Å²) < 4.78 is 12.0. The summed E-state index contributed by atoms with van der Waals surface area (Å²) in [5.41, 5.74) is 4.82. The van der Waals surface area contributed by atoms with Crippen molar-refractivity contribution >= 4 is 34.7 Å². The summed E-state index contributed by atoms with van der Waals surface area (Å²) in [6.07, 6.45) is 5.28. The normalized spacial score (nSPS) is 16.6. The Hall–Kier alpha value is -3.49. The number of nitrogens with one attached hydrogen (secondary N) is 1. The van der Waals surface area contributed by atoms with E-state index < -0.39 is 0 Å². The predicted molar refractivity (Wildman–Crippen MR) is 159 cm³/mol. The van der Waals surface area contributed by atoms with Crippen molar-refractivity contribution in [3.8, 4) is 5.75 Å². The molecule has 0 radical (unpaired) electrons. The number of thioether (sulfide) groups is 1. The van der Waals surface area contributed by atoms with Crippen molar-refractivity contribution in [3.63, 3.8) is 0 Å². The average Bonchev–Trinajstić information content (AvgIpc) is 3.36. The number of carbonyl (C=O) groups excluding carboxylic acids is 1. The van der Waals surface area contributed by atoms with E-state index in [0.29, 0.717) is 36.6 Å². The van der Waals surface area contributed by atoms with E-state index in [-0.39, 0.29) is 11.8 Å².